The Labute approximate surface area is 120 Å². The summed E-state index contributed by atoms with van der Waals surface area (Å²) in [6.45, 7) is 8.33. The fraction of sp³-hybridized carbons (Fsp3) is 0.643. The van der Waals surface area contributed by atoms with Gasteiger partial charge in [-0.25, -0.2) is 0 Å². The van der Waals surface area contributed by atoms with Crippen LogP contribution in [-0.2, 0) is 9.47 Å². The molecule has 0 unspecified atom stereocenters. The number of nitrogens with zero attached hydrogens (tertiary/aromatic N) is 2. The van der Waals surface area contributed by atoms with Gasteiger partial charge in [0.15, 0.2) is 0 Å². The van der Waals surface area contributed by atoms with Crippen molar-refractivity contribution in [2.75, 3.05) is 32.3 Å². The first-order chi connectivity index (χ1) is 9.38. The van der Waals surface area contributed by atoms with Gasteiger partial charge in [-0.1, -0.05) is 19.8 Å². The lowest BCUT2D eigenvalue weighted by molar-refractivity contribution is 0.0508. The van der Waals surface area contributed by atoms with Gasteiger partial charge >= 0.3 is 0 Å². The van der Waals surface area contributed by atoms with E-state index in [0.717, 1.165) is 24.6 Å². The van der Waals surface area contributed by atoms with E-state index in [2.05, 4.69) is 28.9 Å². The van der Waals surface area contributed by atoms with Crippen LogP contribution in [0.1, 0.15) is 26.2 Å². The molecular weight excluding hydrogens is 260 g/mol. The number of aliphatic imine (C=N–C) groups is 1. The molecule has 1 aliphatic rings. The van der Waals surface area contributed by atoms with Crippen molar-refractivity contribution in [1.29, 1.82) is 0 Å². The Morgan fingerprint density at radius 3 is 2.89 bits per heavy atom. The zero-order valence-corrected chi connectivity index (χ0v) is 12.5. The monoisotopic (exact) mass is 284 g/mol. The van der Waals surface area contributed by atoms with Crippen LogP contribution in [0.4, 0.5) is 0 Å². The maximum absolute atomic E-state index is 5.60. The van der Waals surface area contributed by atoms with Crippen molar-refractivity contribution >= 4 is 18.5 Å². The third-order valence-electron chi connectivity index (χ3n) is 2.67. The molecule has 4 nitrogen and oxygen atoms in total. The van der Waals surface area contributed by atoms with Gasteiger partial charge in [-0.3, -0.25) is 4.99 Å². The summed E-state index contributed by atoms with van der Waals surface area (Å²) in [5, 5.41) is 2.06. The van der Waals surface area contributed by atoms with Crippen molar-refractivity contribution < 1.29 is 9.47 Å². The molecule has 0 aromatic rings. The standard InChI is InChI=1S/C14H24N2O2S/c1-3-4-5-7-17-8-9-18-12-14(11-15-2)16-6-10-19-13-16/h6,10-11H,2-5,7-9,12-13H2,1H3/b14-11-. The number of rotatable bonds is 11. The first kappa shape index (κ1) is 16.3. The zero-order chi connectivity index (χ0) is 13.8. The quantitative estimate of drug-likeness (QED) is 0.431. The highest BCUT2D eigenvalue weighted by Crippen LogP contribution is 2.20. The Hall–Kier alpha value is -0.780. The van der Waals surface area contributed by atoms with Gasteiger partial charge in [-0.15, -0.1) is 11.8 Å². The van der Waals surface area contributed by atoms with Gasteiger partial charge in [0.05, 0.1) is 31.4 Å². The van der Waals surface area contributed by atoms with Gasteiger partial charge in [0.1, 0.15) is 0 Å². The van der Waals surface area contributed by atoms with Crippen LogP contribution in [0.2, 0.25) is 0 Å². The van der Waals surface area contributed by atoms with Gasteiger partial charge in [0, 0.05) is 19.0 Å². The SMILES string of the molecule is C=N/C=C(/COCCOCCCCC)N1C=CSC1. The van der Waals surface area contributed by atoms with E-state index in [1.807, 2.05) is 6.20 Å². The van der Waals surface area contributed by atoms with E-state index in [1.54, 1.807) is 18.0 Å². The lowest BCUT2D eigenvalue weighted by atomic mass is 10.3. The summed E-state index contributed by atoms with van der Waals surface area (Å²) >= 11 is 1.75. The summed E-state index contributed by atoms with van der Waals surface area (Å²) in [5.41, 5.74) is 1.03. The summed E-state index contributed by atoms with van der Waals surface area (Å²) in [5.74, 6) is 0.915. The molecule has 108 valence electrons. The van der Waals surface area contributed by atoms with Crippen molar-refractivity contribution in [3.8, 4) is 0 Å². The van der Waals surface area contributed by atoms with Crippen LogP contribution in [-0.4, -0.2) is 43.9 Å². The lowest BCUT2D eigenvalue weighted by Crippen LogP contribution is -2.18. The summed E-state index contributed by atoms with van der Waals surface area (Å²) in [6, 6.07) is 0. The summed E-state index contributed by atoms with van der Waals surface area (Å²) < 4.78 is 11.1. The molecule has 1 rings (SSSR count). The van der Waals surface area contributed by atoms with Crippen molar-refractivity contribution in [3.05, 3.63) is 23.5 Å². The minimum Gasteiger partial charge on any atom is -0.379 e. The smallest absolute Gasteiger partial charge is 0.0884 e. The van der Waals surface area contributed by atoms with E-state index in [9.17, 15) is 0 Å². The molecule has 0 bridgehead atoms. The third kappa shape index (κ3) is 7.40. The van der Waals surface area contributed by atoms with E-state index in [-0.39, 0.29) is 0 Å². The van der Waals surface area contributed by atoms with E-state index >= 15 is 0 Å². The fourth-order valence-electron chi connectivity index (χ4n) is 1.61. The van der Waals surface area contributed by atoms with Crippen LogP contribution in [0.15, 0.2) is 28.5 Å². The zero-order valence-electron chi connectivity index (χ0n) is 11.7. The normalized spacial score (nSPS) is 15.2. The fourth-order valence-corrected chi connectivity index (χ4v) is 2.34. The number of hydrogen-bond acceptors (Lipinski definition) is 5. The number of unbranched alkanes of at least 4 members (excludes halogenated alkanes) is 2. The van der Waals surface area contributed by atoms with Crippen LogP contribution >= 0.6 is 11.8 Å². The molecule has 1 aliphatic heterocycles. The Bertz CT molecular complexity index is 306. The highest BCUT2D eigenvalue weighted by atomic mass is 32.2. The first-order valence-electron chi connectivity index (χ1n) is 6.73. The minimum absolute atomic E-state index is 0.544. The minimum atomic E-state index is 0.544. The molecule has 0 N–H and O–H groups in total. The van der Waals surface area contributed by atoms with Crippen LogP contribution in [0.5, 0.6) is 0 Å². The number of thioether (sulfide) groups is 1. The maximum atomic E-state index is 5.60. The van der Waals surface area contributed by atoms with Gasteiger partial charge in [0.25, 0.3) is 0 Å². The second-order valence-electron chi connectivity index (χ2n) is 4.23. The Morgan fingerprint density at radius 2 is 2.21 bits per heavy atom. The highest BCUT2D eigenvalue weighted by molar-refractivity contribution is 8.02. The second kappa shape index (κ2) is 11.1. The molecule has 5 heteroatoms. The molecule has 1 heterocycles. The van der Waals surface area contributed by atoms with E-state index < -0.39 is 0 Å². The molecule has 0 aromatic heterocycles. The number of hydrogen-bond donors (Lipinski definition) is 0. The van der Waals surface area contributed by atoms with Crippen molar-refractivity contribution in [3.63, 3.8) is 0 Å². The van der Waals surface area contributed by atoms with Gasteiger partial charge < -0.3 is 14.4 Å². The molecule has 0 saturated carbocycles. The van der Waals surface area contributed by atoms with Crippen molar-refractivity contribution in [2.45, 2.75) is 26.2 Å². The summed E-state index contributed by atoms with van der Waals surface area (Å²) in [6.07, 6.45) is 7.38. The molecule has 0 saturated heterocycles. The summed E-state index contributed by atoms with van der Waals surface area (Å²) in [4.78, 5) is 5.93. The molecule has 0 fully saturated rings. The molecule has 0 radical (unpaired) electrons. The predicted octanol–water partition coefficient (Wildman–Crippen LogP) is 3.23. The molecule has 0 amide bonds. The Kier molecular flexibility index (Phi) is 9.49. The molecular formula is C14H24N2O2S. The Morgan fingerprint density at radius 1 is 1.37 bits per heavy atom. The highest BCUT2D eigenvalue weighted by Gasteiger charge is 2.10. The van der Waals surface area contributed by atoms with Gasteiger partial charge in [-0.05, 0) is 18.5 Å². The van der Waals surface area contributed by atoms with E-state index in [1.165, 1.54) is 12.8 Å². The van der Waals surface area contributed by atoms with Crippen LogP contribution < -0.4 is 0 Å². The largest absolute Gasteiger partial charge is 0.379 e. The van der Waals surface area contributed by atoms with Crippen LogP contribution in [0.3, 0.4) is 0 Å². The predicted molar refractivity (Wildman–Crippen MR) is 82.2 cm³/mol. The lowest BCUT2D eigenvalue weighted by Gasteiger charge is -2.18. The van der Waals surface area contributed by atoms with Crippen molar-refractivity contribution in [1.82, 2.24) is 4.90 Å². The van der Waals surface area contributed by atoms with Crippen LogP contribution in [0, 0.1) is 0 Å². The molecule has 0 aromatic carbocycles. The molecule has 0 spiro atoms. The summed E-state index contributed by atoms with van der Waals surface area (Å²) in [7, 11) is 0. The van der Waals surface area contributed by atoms with Gasteiger partial charge in [0.2, 0.25) is 0 Å². The first-order valence-corrected chi connectivity index (χ1v) is 7.78. The second-order valence-corrected chi connectivity index (χ2v) is 5.09. The van der Waals surface area contributed by atoms with Gasteiger partial charge in [-0.2, -0.15) is 0 Å². The third-order valence-corrected chi connectivity index (χ3v) is 3.42. The average molecular weight is 284 g/mol. The number of ether oxygens (including phenoxy) is 2. The van der Waals surface area contributed by atoms with Crippen molar-refractivity contribution in [2.24, 2.45) is 4.99 Å². The maximum Gasteiger partial charge on any atom is 0.0884 e. The van der Waals surface area contributed by atoms with E-state index in [0.29, 0.717) is 19.8 Å². The molecule has 0 aliphatic carbocycles. The van der Waals surface area contributed by atoms with E-state index in [4.69, 9.17) is 9.47 Å². The molecule has 19 heavy (non-hydrogen) atoms. The molecule has 0 atom stereocenters. The Balaban J connectivity index is 2.07. The topological polar surface area (TPSA) is 34.1 Å². The van der Waals surface area contributed by atoms with Crippen LogP contribution in [0.25, 0.3) is 0 Å². The average Bonchev–Trinajstić information content (AvgIpc) is 2.94.